The third kappa shape index (κ3) is 2.13. The van der Waals surface area contributed by atoms with Crippen LogP contribution >= 0.6 is 0 Å². The zero-order valence-electron chi connectivity index (χ0n) is 12.1. The number of hydrogen-bond donors (Lipinski definition) is 0. The van der Waals surface area contributed by atoms with Crippen LogP contribution in [0.2, 0.25) is 0 Å². The van der Waals surface area contributed by atoms with E-state index in [2.05, 4.69) is 23.1 Å². The minimum absolute atomic E-state index is 0.0348. The van der Waals surface area contributed by atoms with Gasteiger partial charge < -0.3 is 4.90 Å². The van der Waals surface area contributed by atoms with Crippen molar-refractivity contribution in [1.29, 1.82) is 0 Å². The molecule has 1 amide bonds. The first-order valence-corrected chi connectivity index (χ1v) is 7.46. The summed E-state index contributed by atoms with van der Waals surface area (Å²) in [5.41, 5.74) is 2.68. The van der Waals surface area contributed by atoms with Crippen LogP contribution < -0.4 is 0 Å². The Bertz CT molecular complexity index is 700. The molecule has 1 aliphatic heterocycles. The van der Waals surface area contributed by atoms with E-state index in [0.717, 1.165) is 31.6 Å². The average Bonchev–Trinajstić information content (AvgIpc) is 3.09. The summed E-state index contributed by atoms with van der Waals surface area (Å²) in [6, 6.07) is 3.58. The summed E-state index contributed by atoms with van der Waals surface area (Å²) in [6.07, 6.45) is 8.08. The van der Waals surface area contributed by atoms with Gasteiger partial charge in [-0.1, -0.05) is 11.6 Å². The van der Waals surface area contributed by atoms with Crippen LogP contribution in [-0.4, -0.2) is 38.5 Å². The number of amides is 1. The quantitative estimate of drug-likeness (QED) is 0.753. The van der Waals surface area contributed by atoms with Crippen LogP contribution in [0.3, 0.4) is 0 Å². The van der Waals surface area contributed by atoms with Gasteiger partial charge in [0.25, 0.3) is 5.91 Å². The van der Waals surface area contributed by atoms with E-state index in [1.54, 1.807) is 16.8 Å². The molecule has 0 N–H and O–H groups in total. The first kappa shape index (κ1) is 12.6. The van der Waals surface area contributed by atoms with E-state index in [0.29, 0.717) is 17.5 Å². The van der Waals surface area contributed by atoms with Crippen LogP contribution in [0.25, 0.3) is 5.65 Å². The van der Waals surface area contributed by atoms with E-state index in [1.807, 2.05) is 17.2 Å². The predicted molar refractivity (Wildman–Crippen MR) is 78.9 cm³/mol. The Hall–Kier alpha value is -2.17. The van der Waals surface area contributed by atoms with Gasteiger partial charge >= 0.3 is 0 Å². The average molecular weight is 282 g/mol. The molecule has 2 aromatic rings. The van der Waals surface area contributed by atoms with Crippen molar-refractivity contribution in [1.82, 2.24) is 19.5 Å². The second-order valence-electron chi connectivity index (χ2n) is 6.17. The van der Waals surface area contributed by atoms with Gasteiger partial charge in [0, 0.05) is 31.5 Å². The number of aromatic nitrogens is 3. The number of likely N-dealkylation sites (tertiary alicyclic amines) is 1. The number of carbonyl (C=O) groups is 1. The lowest BCUT2D eigenvalue weighted by Crippen LogP contribution is -2.29. The fourth-order valence-electron chi connectivity index (χ4n) is 3.55. The van der Waals surface area contributed by atoms with Crippen molar-refractivity contribution in [2.45, 2.75) is 19.8 Å². The molecule has 0 bridgehead atoms. The lowest BCUT2D eigenvalue weighted by atomic mass is 9.83. The summed E-state index contributed by atoms with van der Waals surface area (Å²) in [5.74, 6) is 1.27. The number of rotatable bonds is 1. The second kappa shape index (κ2) is 4.69. The fourth-order valence-corrected chi connectivity index (χ4v) is 3.55. The number of nitrogens with zero attached hydrogens (tertiary/aromatic N) is 4. The third-order valence-electron chi connectivity index (χ3n) is 4.67. The first-order chi connectivity index (χ1) is 10.2. The zero-order valence-corrected chi connectivity index (χ0v) is 12.1. The van der Waals surface area contributed by atoms with Crippen molar-refractivity contribution in [3.8, 4) is 0 Å². The highest BCUT2D eigenvalue weighted by molar-refractivity contribution is 5.93. The third-order valence-corrected chi connectivity index (χ3v) is 4.67. The molecule has 4 rings (SSSR count). The van der Waals surface area contributed by atoms with Gasteiger partial charge in [0.1, 0.15) is 0 Å². The Labute approximate surface area is 123 Å². The van der Waals surface area contributed by atoms with Gasteiger partial charge in [-0.3, -0.25) is 4.79 Å². The van der Waals surface area contributed by atoms with Crippen molar-refractivity contribution in [2.75, 3.05) is 13.1 Å². The Morgan fingerprint density at radius 3 is 3.05 bits per heavy atom. The summed E-state index contributed by atoms with van der Waals surface area (Å²) in [7, 11) is 0. The number of allylic oxidation sites excluding steroid dienone is 2. The summed E-state index contributed by atoms with van der Waals surface area (Å²) in [5, 5.41) is 4.34. The topological polar surface area (TPSA) is 50.5 Å². The second-order valence-corrected chi connectivity index (χ2v) is 6.17. The van der Waals surface area contributed by atoms with Crippen LogP contribution in [0.4, 0.5) is 0 Å². The maximum absolute atomic E-state index is 12.6. The van der Waals surface area contributed by atoms with Gasteiger partial charge in [-0.2, -0.15) is 5.10 Å². The Kier molecular flexibility index (Phi) is 2.80. The van der Waals surface area contributed by atoms with Gasteiger partial charge in [0.15, 0.2) is 11.3 Å². The van der Waals surface area contributed by atoms with Crippen molar-refractivity contribution in [2.24, 2.45) is 11.8 Å². The summed E-state index contributed by atoms with van der Waals surface area (Å²) in [6.45, 7) is 3.90. The summed E-state index contributed by atoms with van der Waals surface area (Å²) in [4.78, 5) is 18.8. The normalized spacial score (nSPS) is 25.0. The van der Waals surface area contributed by atoms with Gasteiger partial charge in [0.2, 0.25) is 0 Å². The minimum Gasteiger partial charge on any atom is -0.337 e. The summed E-state index contributed by atoms with van der Waals surface area (Å²) < 4.78 is 1.65. The van der Waals surface area contributed by atoms with Crippen LogP contribution in [-0.2, 0) is 0 Å². The fraction of sp³-hybridized carbons (Fsp3) is 0.438. The number of hydrogen-bond acceptors (Lipinski definition) is 3. The van der Waals surface area contributed by atoms with Crippen molar-refractivity contribution in [3.63, 3.8) is 0 Å². The standard InChI is InChI=1S/C16H18N4O/c1-11-3-4-12-9-19(10-13(12)7-11)16(21)14-8-15-17-5-2-6-20(15)18-14/h2-3,5-6,8,12-13H,4,7,9-10H2,1H3/t12-,13+/m1/s1. The van der Waals surface area contributed by atoms with E-state index in [4.69, 9.17) is 0 Å². The van der Waals surface area contributed by atoms with Crippen LogP contribution in [0, 0.1) is 11.8 Å². The molecule has 2 aromatic heterocycles. The molecule has 5 nitrogen and oxygen atoms in total. The number of fused-ring (bicyclic) bond motifs is 2. The molecular weight excluding hydrogens is 264 g/mol. The molecule has 0 aromatic carbocycles. The van der Waals surface area contributed by atoms with Gasteiger partial charge in [-0.15, -0.1) is 0 Å². The molecule has 3 heterocycles. The maximum Gasteiger partial charge on any atom is 0.274 e. The molecule has 108 valence electrons. The zero-order chi connectivity index (χ0) is 14.4. The van der Waals surface area contributed by atoms with Crippen LogP contribution in [0.1, 0.15) is 30.3 Å². The maximum atomic E-state index is 12.6. The molecule has 0 radical (unpaired) electrons. The highest BCUT2D eigenvalue weighted by Gasteiger charge is 2.37. The van der Waals surface area contributed by atoms with E-state index >= 15 is 0 Å². The molecule has 1 fully saturated rings. The first-order valence-electron chi connectivity index (χ1n) is 7.46. The molecule has 0 spiro atoms. The van der Waals surface area contributed by atoms with Crippen LogP contribution in [0.5, 0.6) is 0 Å². The Balaban J connectivity index is 1.56. The van der Waals surface area contributed by atoms with Crippen molar-refractivity contribution < 1.29 is 4.79 Å². The highest BCUT2D eigenvalue weighted by atomic mass is 16.2. The van der Waals surface area contributed by atoms with E-state index in [-0.39, 0.29) is 5.91 Å². The lowest BCUT2D eigenvalue weighted by Gasteiger charge is -2.21. The Morgan fingerprint density at radius 2 is 2.19 bits per heavy atom. The largest absolute Gasteiger partial charge is 0.337 e. The molecule has 2 atom stereocenters. The van der Waals surface area contributed by atoms with E-state index < -0.39 is 0 Å². The molecule has 2 aliphatic rings. The minimum atomic E-state index is 0.0348. The summed E-state index contributed by atoms with van der Waals surface area (Å²) >= 11 is 0. The highest BCUT2D eigenvalue weighted by Crippen LogP contribution is 2.36. The number of carbonyl (C=O) groups excluding carboxylic acids is 1. The predicted octanol–water partition coefficient (Wildman–Crippen LogP) is 2.16. The molecule has 21 heavy (non-hydrogen) atoms. The SMILES string of the molecule is CC1=CC[C@@H]2CN(C(=O)c3cc4ncccn4n3)C[C@@H]2C1. The van der Waals surface area contributed by atoms with Gasteiger partial charge in [0.05, 0.1) is 0 Å². The molecular formula is C16H18N4O. The van der Waals surface area contributed by atoms with Crippen LogP contribution in [0.15, 0.2) is 36.2 Å². The molecule has 0 saturated carbocycles. The van der Waals surface area contributed by atoms with Crippen molar-refractivity contribution >= 4 is 11.6 Å². The van der Waals surface area contributed by atoms with E-state index in [1.165, 1.54) is 5.57 Å². The van der Waals surface area contributed by atoms with Gasteiger partial charge in [-0.05, 0) is 37.7 Å². The molecule has 1 saturated heterocycles. The molecule has 0 unspecified atom stereocenters. The monoisotopic (exact) mass is 282 g/mol. The lowest BCUT2D eigenvalue weighted by molar-refractivity contribution is 0.0778. The molecule has 5 heteroatoms. The van der Waals surface area contributed by atoms with Crippen molar-refractivity contribution in [3.05, 3.63) is 41.9 Å². The van der Waals surface area contributed by atoms with Gasteiger partial charge in [-0.25, -0.2) is 9.50 Å². The smallest absolute Gasteiger partial charge is 0.274 e. The van der Waals surface area contributed by atoms with E-state index in [9.17, 15) is 4.79 Å². The molecule has 1 aliphatic carbocycles. The Morgan fingerprint density at radius 1 is 1.33 bits per heavy atom.